The summed E-state index contributed by atoms with van der Waals surface area (Å²) in [7, 11) is -3.05. The minimum atomic E-state index is -3.05. The number of hydrogen-bond acceptors (Lipinski definition) is 3. The molecule has 78 valence electrons. The third-order valence-corrected chi connectivity index (χ3v) is 2.01. The summed E-state index contributed by atoms with van der Waals surface area (Å²) in [6.07, 6.45) is 3.67. The van der Waals surface area contributed by atoms with Gasteiger partial charge in [0, 0.05) is 6.26 Å². The number of sulfone groups is 1. The Balaban J connectivity index is 0. The summed E-state index contributed by atoms with van der Waals surface area (Å²) in [4.78, 5) is 0.225. The van der Waals surface area contributed by atoms with Crippen molar-refractivity contribution in [3.05, 3.63) is 18.6 Å². The maximum atomic E-state index is 10.6. The maximum Gasteiger partial charge on any atom is 0.178 e. The zero-order valence-electron chi connectivity index (χ0n) is 8.87. The number of furan rings is 1. The topological polar surface area (TPSA) is 47.3 Å². The Morgan fingerprint density at radius 2 is 1.62 bits per heavy atom. The van der Waals surface area contributed by atoms with Gasteiger partial charge in [0.1, 0.15) is 11.2 Å². The highest BCUT2D eigenvalue weighted by Crippen LogP contribution is 2.06. The van der Waals surface area contributed by atoms with Crippen LogP contribution >= 0.6 is 0 Å². The van der Waals surface area contributed by atoms with Crippen LogP contribution < -0.4 is 0 Å². The van der Waals surface area contributed by atoms with Gasteiger partial charge in [-0.05, 0) is 6.07 Å². The van der Waals surface area contributed by atoms with Crippen LogP contribution in [-0.4, -0.2) is 14.7 Å². The van der Waals surface area contributed by atoms with E-state index in [1.54, 1.807) is 0 Å². The summed E-state index contributed by atoms with van der Waals surface area (Å²) in [6.45, 7) is 8.00. The summed E-state index contributed by atoms with van der Waals surface area (Å²) >= 11 is 0. The molecule has 0 spiro atoms. The molecule has 0 aliphatic carbocycles. The van der Waals surface area contributed by atoms with E-state index in [0.717, 1.165) is 6.26 Å². The van der Waals surface area contributed by atoms with E-state index in [1.165, 1.54) is 18.6 Å². The van der Waals surface area contributed by atoms with Crippen molar-refractivity contribution in [3.63, 3.8) is 0 Å². The van der Waals surface area contributed by atoms with Gasteiger partial charge >= 0.3 is 0 Å². The quantitative estimate of drug-likeness (QED) is 0.709. The lowest BCUT2D eigenvalue weighted by Crippen LogP contribution is -1.93. The van der Waals surface area contributed by atoms with Crippen LogP contribution in [0.5, 0.6) is 0 Å². The molecule has 0 bridgehead atoms. The van der Waals surface area contributed by atoms with Crippen molar-refractivity contribution in [1.82, 2.24) is 0 Å². The standard InChI is InChI=1S/C5H6O3S.2C2H6/c1-9(6,7)5-2-3-8-4-5;2*1-2/h2-4H,1H3;2*1-2H3. The van der Waals surface area contributed by atoms with Crippen LogP contribution in [0.25, 0.3) is 0 Å². The molecule has 1 heterocycles. The fourth-order valence-corrected chi connectivity index (χ4v) is 0.996. The fourth-order valence-electron chi connectivity index (χ4n) is 0.463. The van der Waals surface area contributed by atoms with Crippen LogP contribution in [0.1, 0.15) is 27.7 Å². The summed E-state index contributed by atoms with van der Waals surface area (Å²) in [5.41, 5.74) is 0. The number of rotatable bonds is 1. The van der Waals surface area contributed by atoms with Crippen molar-refractivity contribution in [2.24, 2.45) is 0 Å². The van der Waals surface area contributed by atoms with Gasteiger partial charge in [0.2, 0.25) is 0 Å². The highest BCUT2D eigenvalue weighted by molar-refractivity contribution is 7.90. The van der Waals surface area contributed by atoms with Crippen LogP contribution in [-0.2, 0) is 9.84 Å². The van der Waals surface area contributed by atoms with E-state index in [2.05, 4.69) is 4.42 Å². The van der Waals surface area contributed by atoms with Gasteiger partial charge in [0.15, 0.2) is 9.84 Å². The molecular formula is C9H18O3S. The molecule has 4 heteroatoms. The predicted molar refractivity (Wildman–Crippen MR) is 54.5 cm³/mol. The molecule has 13 heavy (non-hydrogen) atoms. The van der Waals surface area contributed by atoms with Crippen LogP contribution in [0.3, 0.4) is 0 Å². The van der Waals surface area contributed by atoms with E-state index in [9.17, 15) is 8.42 Å². The lowest BCUT2D eigenvalue weighted by atomic mass is 10.7. The van der Waals surface area contributed by atoms with Crippen LogP contribution in [0.15, 0.2) is 27.9 Å². The van der Waals surface area contributed by atoms with Gasteiger partial charge < -0.3 is 4.42 Å². The van der Waals surface area contributed by atoms with Gasteiger partial charge in [-0.15, -0.1) is 0 Å². The minimum Gasteiger partial charge on any atom is -0.471 e. The Labute approximate surface area is 80.7 Å². The van der Waals surface area contributed by atoms with Crippen LogP contribution in [0.4, 0.5) is 0 Å². The molecule has 0 amide bonds. The Morgan fingerprint density at radius 1 is 1.15 bits per heavy atom. The van der Waals surface area contributed by atoms with Crippen molar-refractivity contribution >= 4 is 9.84 Å². The average molecular weight is 206 g/mol. The molecule has 3 nitrogen and oxygen atoms in total. The molecule has 0 N–H and O–H groups in total. The molecule has 0 saturated heterocycles. The average Bonchev–Trinajstić information content (AvgIpc) is 2.63. The molecule has 0 saturated carbocycles. The zero-order valence-corrected chi connectivity index (χ0v) is 9.68. The second-order valence-corrected chi connectivity index (χ2v) is 3.75. The molecule has 1 aromatic heterocycles. The molecule has 0 aromatic carbocycles. The first-order valence-electron chi connectivity index (χ1n) is 4.33. The van der Waals surface area contributed by atoms with Crippen LogP contribution in [0.2, 0.25) is 0 Å². The highest BCUT2D eigenvalue weighted by Gasteiger charge is 2.05. The first-order valence-corrected chi connectivity index (χ1v) is 6.22. The lowest BCUT2D eigenvalue weighted by molar-refractivity contribution is 0.557. The van der Waals surface area contributed by atoms with Gasteiger partial charge in [-0.2, -0.15) is 0 Å². The Morgan fingerprint density at radius 3 is 1.77 bits per heavy atom. The molecular weight excluding hydrogens is 188 g/mol. The Bertz CT molecular complexity index is 272. The maximum absolute atomic E-state index is 10.6. The van der Waals surface area contributed by atoms with E-state index >= 15 is 0 Å². The first kappa shape index (κ1) is 14.7. The Hall–Kier alpha value is -0.770. The summed E-state index contributed by atoms with van der Waals surface area (Å²) < 4.78 is 25.8. The lowest BCUT2D eigenvalue weighted by Gasteiger charge is -1.85. The van der Waals surface area contributed by atoms with Gasteiger partial charge in [-0.1, -0.05) is 27.7 Å². The monoisotopic (exact) mass is 206 g/mol. The first-order chi connectivity index (χ1) is 6.11. The Kier molecular flexibility index (Phi) is 8.91. The van der Waals surface area contributed by atoms with Crippen molar-refractivity contribution in [2.45, 2.75) is 32.6 Å². The molecule has 0 radical (unpaired) electrons. The van der Waals surface area contributed by atoms with E-state index in [0.29, 0.717) is 0 Å². The van der Waals surface area contributed by atoms with E-state index in [-0.39, 0.29) is 4.90 Å². The van der Waals surface area contributed by atoms with E-state index in [4.69, 9.17) is 0 Å². The zero-order chi connectivity index (χ0) is 10.9. The van der Waals surface area contributed by atoms with Crippen molar-refractivity contribution in [3.8, 4) is 0 Å². The van der Waals surface area contributed by atoms with Gasteiger partial charge in [0.05, 0.1) is 6.26 Å². The van der Waals surface area contributed by atoms with E-state index < -0.39 is 9.84 Å². The van der Waals surface area contributed by atoms with Gasteiger partial charge in [-0.25, -0.2) is 8.42 Å². The van der Waals surface area contributed by atoms with Gasteiger partial charge in [0.25, 0.3) is 0 Å². The minimum absolute atomic E-state index is 0.225. The van der Waals surface area contributed by atoms with Crippen molar-refractivity contribution in [1.29, 1.82) is 0 Å². The van der Waals surface area contributed by atoms with Crippen molar-refractivity contribution < 1.29 is 12.8 Å². The molecule has 1 rings (SSSR count). The smallest absolute Gasteiger partial charge is 0.178 e. The largest absolute Gasteiger partial charge is 0.471 e. The molecule has 0 aliphatic rings. The van der Waals surface area contributed by atoms with Crippen LogP contribution in [0, 0.1) is 0 Å². The van der Waals surface area contributed by atoms with Gasteiger partial charge in [-0.3, -0.25) is 0 Å². The fraction of sp³-hybridized carbons (Fsp3) is 0.556. The number of hydrogen-bond donors (Lipinski definition) is 0. The third kappa shape index (κ3) is 6.40. The molecule has 0 fully saturated rings. The third-order valence-electron chi connectivity index (χ3n) is 0.923. The molecule has 0 unspecified atom stereocenters. The predicted octanol–water partition coefficient (Wildman–Crippen LogP) is 2.74. The molecule has 1 aromatic rings. The summed E-state index contributed by atoms with van der Waals surface area (Å²) in [5.74, 6) is 0. The van der Waals surface area contributed by atoms with E-state index in [1.807, 2.05) is 27.7 Å². The molecule has 0 aliphatic heterocycles. The summed E-state index contributed by atoms with van der Waals surface area (Å²) in [6, 6.07) is 1.41. The molecule has 0 atom stereocenters. The SMILES string of the molecule is CC.CC.CS(=O)(=O)c1ccoc1. The summed E-state index contributed by atoms with van der Waals surface area (Å²) in [5, 5.41) is 0. The van der Waals surface area contributed by atoms with Crippen molar-refractivity contribution in [2.75, 3.05) is 6.26 Å². The highest BCUT2D eigenvalue weighted by atomic mass is 32.2. The second kappa shape index (κ2) is 7.86. The normalized spacial score (nSPS) is 9.00. The second-order valence-electron chi connectivity index (χ2n) is 1.73.